The number of benzene rings is 4. The van der Waals surface area contributed by atoms with Crippen molar-refractivity contribution in [2.75, 3.05) is 0 Å². The van der Waals surface area contributed by atoms with Gasteiger partial charge < -0.3 is 9.15 Å². The van der Waals surface area contributed by atoms with Gasteiger partial charge >= 0.3 is 0 Å². The molecule has 0 amide bonds. The van der Waals surface area contributed by atoms with Crippen LogP contribution < -0.4 is 10.3 Å². The summed E-state index contributed by atoms with van der Waals surface area (Å²) in [6.07, 6.45) is 1.60. The van der Waals surface area contributed by atoms with Crippen molar-refractivity contribution in [1.29, 1.82) is 0 Å². The van der Waals surface area contributed by atoms with Gasteiger partial charge in [0.2, 0.25) is 5.82 Å². The van der Waals surface area contributed by atoms with E-state index in [0.717, 1.165) is 38.9 Å². The van der Waals surface area contributed by atoms with Gasteiger partial charge in [0.25, 0.3) is 5.56 Å². The van der Waals surface area contributed by atoms with Crippen LogP contribution in [0.25, 0.3) is 33.5 Å². The van der Waals surface area contributed by atoms with Crippen LogP contribution in [-0.4, -0.2) is 15.9 Å². The van der Waals surface area contributed by atoms with Gasteiger partial charge in [0, 0.05) is 24.4 Å². The number of aromatic nitrogens is 2. The first kappa shape index (κ1) is 28.5. The van der Waals surface area contributed by atoms with Crippen molar-refractivity contribution in [2.24, 2.45) is 5.10 Å². The monoisotopic (exact) mass is 861 g/mol. The van der Waals surface area contributed by atoms with Gasteiger partial charge in [-0.15, -0.1) is 0 Å². The minimum atomic E-state index is -0.304. The molecular weight excluding hydrogens is 850 g/mol. The van der Waals surface area contributed by atoms with Gasteiger partial charge in [-0.05, 0) is 98.1 Å². The second-order valence-electron chi connectivity index (χ2n) is 8.94. The first-order chi connectivity index (χ1) is 19.8. The Morgan fingerprint density at radius 3 is 2.37 bits per heavy atom. The maximum absolute atomic E-state index is 13.6. The third-order valence-electron chi connectivity index (χ3n) is 6.18. The molecule has 6 nitrogen and oxygen atoms in total. The lowest BCUT2D eigenvalue weighted by Gasteiger charge is -2.12. The van der Waals surface area contributed by atoms with Crippen LogP contribution in [0.3, 0.4) is 0 Å². The molecule has 41 heavy (non-hydrogen) atoms. The van der Waals surface area contributed by atoms with E-state index in [2.05, 4.69) is 84.8 Å². The fourth-order valence-corrected chi connectivity index (χ4v) is 7.21. The Balaban J connectivity index is 1.37. The number of hydrogen-bond acceptors (Lipinski definition) is 5. The summed E-state index contributed by atoms with van der Waals surface area (Å²) in [6.45, 7) is 0.369. The second-order valence-corrected chi connectivity index (χ2v) is 13.3. The molecule has 4 aromatic carbocycles. The Hall–Kier alpha value is -2.57. The molecule has 6 rings (SSSR count). The average Bonchev–Trinajstić information content (AvgIpc) is 3.36. The third kappa shape index (κ3) is 6.01. The van der Waals surface area contributed by atoms with E-state index in [0.29, 0.717) is 40.4 Å². The lowest BCUT2D eigenvalue weighted by atomic mass is 10.2. The smallest absolute Gasteiger partial charge is 0.282 e. The highest BCUT2D eigenvalue weighted by Gasteiger charge is 2.17. The molecule has 0 bridgehead atoms. The van der Waals surface area contributed by atoms with Crippen LogP contribution in [0.4, 0.5) is 0 Å². The van der Waals surface area contributed by atoms with Crippen molar-refractivity contribution in [1.82, 2.24) is 9.66 Å². The summed E-state index contributed by atoms with van der Waals surface area (Å²) in [5.74, 6) is 1.38. The van der Waals surface area contributed by atoms with Gasteiger partial charge in [0.05, 0.1) is 26.1 Å². The number of fused-ring (bicyclic) bond motifs is 2. The predicted octanol–water partition coefficient (Wildman–Crippen LogP) is 10.1. The predicted molar refractivity (Wildman–Crippen MR) is 180 cm³/mol. The second kappa shape index (κ2) is 12.0. The first-order valence-electron chi connectivity index (χ1n) is 12.1. The number of hydrogen-bond donors (Lipinski definition) is 0. The SMILES string of the molecule is O=c1c2ccccc2nc(-c2cc3cc(Br)ccc3o2)n1N=Cc1cc(Br)c(OCc2ccc(Br)cc2Br)c(Br)c1. The van der Waals surface area contributed by atoms with Crippen LogP contribution in [0.5, 0.6) is 5.75 Å². The highest BCUT2D eigenvalue weighted by Crippen LogP contribution is 2.36. The van der Waals surface area contributed by atoms with Crippen LogP contribution in [0.2, 0.25) is 0 Å². The summed E-state index contributed by atoms with van der Waals surface area (Å²) in [4.78, 5) is 18.3. The number of furan rings is 1. The minimum Gasteiger partial charge on any atom is -0.486 e. The van der Waals surface area contributed by atoms with E-state index in [-0.39, 0.29) is 5.56 Å². The lowest BCUT2D eigenvalue weighted by Crippen LogP contribution is -2.20. The number of rotatable bonds is 6. The quantitative estimate of drug-likeness (QED) is 0.157. The molecule has 0 N–H and O–H groups in total. The maximum Gasteiger partial charge on any atom is 0.282 e. The lowest BCUT2D eigenvalue weighted by molar-refractivity contribution is 0.301. The Labute approximate surface area is 276 Å². The Kier molecular flexibility index (Phi) is 8.33. The van der Waals surface area contributed by atoms with Gasteiger partial charge in [-0.1, -0.05) is 66.0 Å². The van der Waals surface area contributed by atoms with E-state index < -0.39 is 0 Å². The van der Waals surface area contributed by atoms with Gasteiger partial charge in [0.15, 0.2) is 5.76 Å². The van der Waals surface area contributed by atoms with Gasteiger partial charge in [-0.25, -0.2) is 4.98 Å². The Bertz CT molecular complexity index is 2030. The summed E-state index contributed by atoms with van der Waals surface area (Å²) in [5, 5.41) is 5.91. The standard InChI is InChI=1S/C30H16Br5N3O3/c31-19-7-8-26-18(11-19)12-27(41-26)29-37-25-4-2-1-3-21(25)30(39)38(29)36-14-16-9-23(34)28(24(35)10-16)40-15-17-5-6-20(32)13-22(17)33/h1-14H,15H2. The Morgan fingerprint density at radius 1 is 0.854 bits per heavy atom. The van der Waals surface area contributed by atoms with Crippen molar-refractivity contribution in [2.45, 2.75) is 6.61 Å². The molecule has 0 fully saturated rings. The number of para-hydroxylation sites is 1. The highest BCUT2D eigenvalue weighted by atomic mass is 79.9. The molecule has 0 saturated heterocycles. The molecule has 2 aromatic heterocycles. The van der Waals surface area contributed by atoms with Gasteiger partial charge in [-0.3, -0.25) is 4.79 Å². The fraction of sp³-hybridized carbons (Fsp3) is 0.0333. The molecule has 0 aliphatic heterocycles. The zero-order valence-corrected chi connectivity index (χ0v) is 28.7. The summed E-state index contributed by atoms with van der Waals surface area (Å²) >= 11 is 17.8. The summed E-state index contributed by atoms with van der Waals surface area (Å²) in [6, 6.07) is 24.4. The molecule has 2 heterocycles. The molecule has 0 radical (unpaired) electrons. The van der Waals surface area contributed by atoms with E-state index in [4.69, 9.17) is 14.1 Å². The molecule has 0 atom stereocenters. The molecule has 0 saturated carbocycles. The molecule has 0 aliphatic carbocycles. The number of nitrogens with zero attached hydrogens (tertiary/aromatic N) is 3. The topological polar surface area (TPSA) is 69.6 Å². The highest BCUT2D eigenvalue weighted by molar-refractivity contribution is 9.11. The zero-order chi connectivity index (χ0) is 28.7. The fourth-order valence-electron chi connectivity index (χ4n) is 4.22. The molecule has 204 valence electrons. The van der Waals surface area contributed by atoms with E-state index in [1.54, 1.807) is 24.4 Å². The Morgan fingerprint density at radius 2 is 1.59 bits per heavy atom. The molecular formula is C30H16Br5N3O3. The normalized spacial score (nSPS) is 11.6. The van der Waals surface area contributed by atoms with Crippen LogP contribution in [0.1, 0.15) is 11.1 Å². The van der Waals surface area contributed by atoms with Gasteiger partial charge in [-0.2, -0.15) is 9.78 Å². The number of halogens is 5. The van der Waals surface area contributed by atoms with Crippen LogP contribution in [0, 0.1) is 0 Å². The molecule has 0 unspecified atom stereocenters. The van der Waals surface area contributed by atoms with Crippen LogP contribution >= 0.6 is 79.6 Å². The largest absolute Gasteiger partial charge is 0.486 e. The van der Waals surface area contributed by atoms with E-state index >= 15 is 0 Å². The summed E-state index contributed by atoms with van der Waals surface area (Å²) < 4.78 is 17.8. The summed E-state index contributed by atoms with van der Waals surface area (Å²) in [5.41, 5.74) is 2.68. The third-order valence-corrected chi connectivity index (χ3v) is 9.09. The molecule has 11 heteroatoms. The van der Waals surface area contributed by atoms with Crippen molar-refractivity contribution in [3.8, 4) is 17.3 Å². The minimum absolute atomic E-state index is 0.301. The van der Waals surface area contributed by atoms with E-state index in [1.807, 2.05) is 60.7 Å². The summed E-state index contributed by atoms with van der Waals surface area (Å²) in [7, 11) is 0. The van der Waals surface area contributed by atoms with Crippen LogP contribution in [0.15, 0.2) is 116 Å². The first-order valence-corrected chi connectivity index (χ1v) is 16.0. The zero-order valence-electron chi connectivity index (χ0n) is 20.7. The average molecular weight is 866 g/mol. The molecule has 0 spiro atoms. The van der Waals surface area contributed by atoms with Crippen molar-refractivity contribution < 1.29 is 9.15 Å². The number of ether oxygens (including phenoxy) is 1. The van der Waals surface area contributed by atoms with Crippen molar-refractivity contribution in [3.05, 3.63) is 123 Å². The molecule has 0 aliphatic rings. The van der Waals surface area contributed by atoms with Gasteiger partial charge in [0.1, 0.15) is 17.9 Å². The van der Waals surface area contributed by atoms with Crippen molar-refractivity contribution >= 4 is 108 Å². The maximum atomic E-state index is 13.6. The van der Waals surface area contributed by atoms with Crippen LogP contribution in [-0.2, 0) is 6.61 Å². The molecule has 6 aromatic rings. The van der Waals surface area contributed by atoms with E-state index in [9.17, 15) is 4.79 Å². The van der Waals surface area contributed by atoms with Crippen molar-refractivity contribution in [3.63, 3.8) is 0 Å². The van der Waals surface area contributed by atoms with E-state index in [1.165, 1.54) is 4.68 Å².